The van der Waals surface area contributed by atoms with Gasteiger partial charge >= 0.3 is 0 Å². The molecular weight excluding hydrogens is 314 g/mol. The minimum Gasteiger partial charge on any atom is -0.0650 e. The molecule has 0 heterocycles. The number of hydrogen-bond donors (Lipinski definition) is 0. The van der Waals surface area contributed by atoms with Gasteiger partial charge < -0.3 is 0 Å². The molecule has 0 saturated carbocycles. The van der Waals surface area contributed by atoms with Crippen molar-refractivity contribution in [3.63, 3.8) is 0 Å². The predicted molar refractivity (Wildman–Crippen MR) is 74.2 cm³/mol. The summed E-state index contributed by atoms with van der Waals surface area (Å²) in [6, 6.07) is 21.8. The summed E-state index contributed by atoms with van der Waals surface area (Å²) in [4.78, 5) is 0. The van der Waals surface area contributed by atoms with Crippen LogP contribution in [0.1, 0.15) is 13.3 Å². The monoisotopic (exact) mass is 331 g/mol. The largest absolute Gasteiger partial charge is 0.0650 e. The molecule has 0 saturated heterocycles. The SMILES string of the molecule is CCCP(c1ccccc1)c1ccccc1.[Rh]. The summed E-state index contributed by atoms with van der Waals surface area (Å²) in [7, 11) is -0.151. The maximum Gasteiger partial charge on any atom is 0 e. The van der Waals surface area contributed by atoms with E-state index >= 15 is 0 Å². The Morgan fingerprint density at radius 1 is 0.765 bits per heavy atom. The van der Waals surface area contributed by atoms with Crippen LogP contribution in [0.3, 0.4) is 0 Å². The summed E-state index contributed by atoms with van der Waals surface area (Å²) in [5.41, 5.74) is 0. The first kappa shape index (κ1) is 14.6. The molecule has 0 fully saturated rings. The maximum absolute atomic E-state index is 2.27. The Morgan fingerprint density at radius 2 is 1.18 bits per heavy atom. The molecule has 0 bridgehead atoms. The van der Waals surface area contributed by atoms with Crippen molar-refractivity contribution >= 4 is 18.5 Å². The van der Waals surface area contributed by atoms with E-state index in [1.54, 1.807) is 0 Å². The van der Waals surface area contributed by atoms with Gasteiger partial charge in [0.15, 0.2) is 0 Å². The minimum atomic E-state index is -0.151. The zero-order valence-corrected chi connectivity index (χ0v) is 12.5. The summed E-state index contributed by atoms with van der Waals surface area (Å²) in [6.45, 7) is 2.27. The summed E-state index contributed by atoms with van der Waals surface area (Å²) < 4.78 is 0. The van der Waals surface area contributed by atoms with E-state index in [0.29, 0.717) is 0 Å². The Hall–Kier alpha value is -0.507. The van der Waals surface area contributed by atoms with Gasteiger partial charge in [0.05, 0.1) is 0 Å². The summed E-state index contributed by atoms with van der Waals surface area (Å²) in [5.74, 6) is 0. The predicted octanol–water partition coefficient (Wildman–Crippen LogP) is 3.53. The molecule has 2 heteroatoms. The van der Waals surface area contributed by atoms with Crippen LogP contribution in [0, 0.1) is 0 Å². The number of hydrogen-bond acceptors (Lipinski definition) is 0. The van der Waals surface area contributed by atoms with E-state index < -0.39 is 0 Å². The van der Waals surface area contributed by atoms with Crippen molar-refractivity contribution in [3.05, 3.63) is 60.7 Å². The van der Waals surface area contributed by atoms with Crippen molar-refractivity contribution in [1.29, 1.82) is 0 Å². The van der Waals surface area contributed by atoms with Gasteiger partial charge in [-0.3, -0.25) is 0 Å². The van der Waals surface area contributed by atoms with E-state index in [1.807, 2.05) is 0 Å². The molecule has 0 aliphatic heterocycles. The Balaban J connectivity index is 0.00000144. The van der Waals surface area contributed by atoms with Gasteiger partial charge in [-0.25, -0.2) is 0 Å². The first-order valence-electron chi connectivity index (χ1n) is 5.79. The van der Waals surface area contributed by atoms with Crippen LogP contribution in [0.25, 0.3) is 0 Å². The fourth-order valence-electron chi connectivity index (χ4n) is 1.85. The van der Waals surface area contributed by atoms with Crippen LogP contribution in [-0.2, 0) is 19.5 Å². The molecule has 1 radical (unpaired) electrons. The van der Waals surface area contributed by atoms with Crippen molar-refractivity contribution < 1.29 is 19.5 Å². The second-order valence-corrected chi connectivity index (χ2v) is 6.16. The minimum absolute atomic E-state index is 0. The molecule has 0 amide bonds. The van der Waals surface area contributed by atoms with E-state index in [9.17, 15) is 0 Å². The van der Waals surface area contributed by atoms with Crippen molar-refractivity contribution in [2.75, 3.05) is 6.16 Å². The zero-order valence-electron chi connectivity index (χ0n) is 9.97. The molecule has 91 valence electrons. The third kappa shape index (κ3) is 4.02. The van der Waals surface area contributed by atoms with E-state index in [-0.39, 0.29) is 27.4 Å². The fraction of sp³-hybridized carbons (Fsp3) is 0.200. The second kappa shape index (κ2) is 7.75. The molecule has 0 N–H and O–H groups in total. The average Bonchev–Trinajstić information content (AvgIpc) is 2.38. The van der Waals surface area contributed by atoms with Crippen LogP contribution in [0.15, 0.2) is 60.7 Å². The van der Waals surface area contributed by atoms with Crippen molar-refractivity contribution in [1.82, 2.24) is 0 Å². The molecule has 0 unspecified atom stereocenters. The molecule has 0 nitrogen and oxygen atoms in total. The third-order valence-electron chi connectivity index (χ3n) is 2.58. The van der Waals surface area contributed by atoms with E-state index in [0.717, 1.165) is 0 Å². The average molecular weight is 331 g/mol. The van der Waals surface area contributed by atoms with Crippen molar-refractivity contribution in [3.8, 4) is 0 Å². The van der Waals surface area contributed by atoms with Gasteiger partial charge in [-0.15, -0.1) is 0 Å². The van der Waals surface area contributed by atoms with Crippen molar-refractivity contribution in [2.45, 2.75) is 13.3 Å². The molecule has 2 rings (SSSR count). The van der Waals surface area contributed by atoms with Gasteiger partial charge in [-0.1, -0.05) is 74.0 Å². The summed E-state index contributed by atoms with van der Waals surface area (Å²) in [6.07, 6.45) is 2.53. The number of benzene rings is 2. The zero-order chi connectivity index (χ0) is 11.2. The van der Waals surface area contributed by atoms with Gasteiger partial charge in [0, 0.05) is 19.5 Å². The van der Waals surface area contributed by atoms with Crippen LogP contribution in [-0.4, -0.2) is 6.16 Å². The molecule has 0 aliphatic rings. The van der Waals surface area contributed by atoms with Gasteiger partial charge in [-0.05, 0) is 24.7 Å². The quantitative estimate of drug-likeness (QED) is 0.594. The van der Waals surface area contributed by atoms with E-state index in [1.165, 1.54) is 23.2 Å². The van der Waals surface area contributed by atoms with Gasteiger partial charge in [0.2, 0.25) is 0 Å². The van der Waals surface area contributed by atoms with Crippen LogP contribution < -0.4 is 10.6 Å². The molecule has 0 atom stereocenters. The molecule has 17 heavy (non-hydrogen) atoms. The van der Waals surface area contributed by atoms with Crippen molar-refractivity contribution in [2.24, 2.45) is 0 Å². The first-order valence-corrected chi connectivity index (χ1v) is 7.32. The summed E-state index contributed by atoms with van der Waals surface area (Å²) >= 11 is 0. The molecule has 0 aliphatic carbocycles. The Labute approximate surface area is 118 Å². The molecule has 2 aromatic rings. The van der Waals surface area contributed by atoms with Gasteiger partial charge in [0.25, 0.3) is 0 Å². The maximum atomic E-state index is 2.27. The molecule has 0 aromatic heterocycles. The van der Waals surface area contributed by atoms with Gasteiger partial charge in [-0.2, -0.15) is 0 Å². The smallest absolute Gasteiger partial charge is 0 e. The van der Waals surface area contributed by atoms with Crippen LogP contribution in [0.4, 0.5) is 0 Å². The summed E-state index contributed by atoms with van der Waals surface area (Å²) in [5, 5.41) is 2.98. The molecule has 0 spiro atoms. The van der Waals surface area contributed by atoms with Crippen LogP contribution in [0.2, 0.25) is 0 Å². The normalized spacial score (nSPS) is 10.0. The van der Waals surface area contributed by atoms with Crippen LogP contribution in [0.5, 0.6) is 0 Å². The van der Waals surface area contributed by atoms with E-state index in [4.69, 9.17) is 0 Å². The fourth-order valence-corrected chi connectivity index (χ4v) is 4.17. The van der Waals surface area contributed by atoms with Gasteiger partial charge in [0.1, 0.15) is 0 Å². The Bertz CT molecular complexity index is 374. The first-order chi connectivity index (χ1) is 7.92. The topological polar surface area (TPSA) is 0 Å². The number of rotatable bonds is 4. The third-order valence-corrected chi connectivity index (χ3v) is 5.32. The Morgan fingerprint density at radius 3 is 1.53 bits per heavy atom. The molecular formula is C15H17PRh. The molecule has 2 aromatic carbocycles. The Kier molecular flexibility index (Phi) is 6.63. The van der Waals surface area contributed by atoms with Crippen LogP contribution >= 0.6 is 7.92 Å². The standard InChI is InChI=1S/C15H17P.Rh/c1-2-13-16(14-9-5-3-6-10-14)15-11-7-4-8-12-15;/h3-12H,2,13H2,1H3;. The van der Waals surface area contributed by atoms with E-state index in [2.05, 4.69) is 67.6 Å². The second-order valence-electron chi connectivity index (χ2n) is 3.82.